The van der Waals surface area contributed by atoms with Crippen LogP contribution in [0.15, 0.2) is 30.5 Å². The number of pyridine rings is 1. The van der Waals surface area contributed by atoms with Gasteiger partial charge in [0.25, 0.3) is 0 Å². The van der Waals surface area contributed by atoms with E-state index in [0.29, 0.717) is 19.8 Å². The fourth-order valence-electron chi connectivity index (χ4n) is 4.30. The standard InChI is InChI=1S/C21H26N4O2/c1-2-27-13-18-24-17-12-23-16-9-5-4-8-15(16)19(17)25(18)14-21(20(22)26)10-6-3-7-11-21/h4-5,8-9,12H,2-3,6-7,10-11,13-14H2,1H3,(H2,22,26). The highest BCUT2D eigenvalue weighted by atomic mass is 16.5. The van der Waals surface area contributed by atoms with Crippen LogP contribution in [-0.4, -0.2) is 27.0 Å². The van der Waals surface area contributed by atoms with Crippen molar-refractivity contribution in [2.45, 2.75) is 52.2 Å². The van der Waals surface area contributed by atoms with Crippen LogP contribution >= 0.6 is 0 Å². The number of amides is 1. The van der Waals surface area contributed by atoms with E-state index >= 15 is 0 Å². The van der Waals surface area contributed by atoms with Gasteiger partial charge < -0.3 is 15.0 Å². The third-order valence-electron chi connectivity index (χ3n) is 5.79. The molecule has 0 aliphatic heterocycles. The molecule has 6 heteroatoms. The molecule has 2 heterocycles. The summed E-state index contributed by atoms with van der Waals surface area (Å²) >= 11 is 0. The van der Waals surface area contributed by atoms with E-state index in [0.717, 1.165) is 53.4 Å². The molecular formula is C21H26N4O2. The van der Waals surface area contributed by atoms with Gasteiger partial charge in [-0.05, 0) is 25.8 Å². The molecule has 0 spiro atoms. The van der Waals surface area contributed by atoms with Gasteiger partial charge in [0.15, 0.2) is 0 Å². The highest BCUT2D eigenvalue weighted by Crippen LogP contribution is 2.39. The quantitative estimate of drug-likeness (QED) is 0.723. The average molecular weight is 366 g/mol. The molecule has 6 nitrogen and oxygen atoms in total. The Kier molecular flexibility index (Phi) is 4.83. The number of carbonyl (C=O) groups is 1. The topological polar surface area (TPSA) is 83.0 Å². The van der Waals surface area contributed by atoms with Crippen LogP contribution in [-0.2, 0) is 22.7 Å². The predicted octanol–water partition coefficient (Wildman–Crippen LogP) is 3.56. The van der Waals surface area contributed by atoms with E-state index in [9.17, 15) is 4.79 Å². The number of nitrogens with two attached hydrogens (primary N) is 1. The van der Waals surface area contributed by atoms with Crippen LogP contribution in [0.2, 0.25) is 0 Å². The number of primary amides is 1. The van der Waals surface area contributed by atoms with Crippen molar-refractivity contribution in [1.29, 1.82) is 0 Å². The molecule has 4 rings (SSSR count). The zero-order chi connectivity index (χ0) is 18.9. The first-order valence-corrected chi connectivity index (χ1v) is 9.75. The number of rotatable bonds is 6. The van der Waals surface area contributed by atoms with Crippen LogP contribution in [0.25, 0.3) is 21.9 Å². The van der Waals surface area contributed by atoms with Crippen molar-refractivity contribution in [3.05, 3.63) is 36.3 Å². The van der Waals surface area contributed by atoms with E-state index in [2.05, 4.69) is 15.6 Å². The second-order valence-electron chi connectivity index (χ2n) is 7.47. The van der Waals surface area contributed by atoms with Crippen LogP contribution in [0.1, 0.15) is 44.9 Å². The maximum atomic E-state index is 12.5. The molecular weight excluding hydrogens is 340 g/mol. The molecule has 1 aromatic carbocycles. The number of carbonyl (C=O) groups excluding carboxylic acids is 1. The fourth-order valence-corrected chi connectivity index (χ4v) is 4.30. The highest BCUT2D eigenvalue weighted by Gasteiger charge is 2.39. The summed E-state index contributed by atoms with van der Waals surface area (Å²) in [6.07, 6.45) is 6.72. The van der Waals surface area contributed by atoms with Gasteiger partial charge in [-0.25, -0.2) is 4.98 Å². The van der Waals surface area contributed by atoms with E-state index in [4.69, 9.17) is 15.5 Å². The van der Waals surface area contributed by atoms with E-state index in [1.165, 1.54) is 6.42 Å². The Bertz CT molecular complexity index is 973. The van der Waals surface area contributed by atoms with E-state index < -0.39 is 5.41 Å². The molecule has 1 amide bonds. The number of nitrogens with zero attached hydrogens (tertiary/aromatic N) is 3. The Balaban J connectivity index is 1.90. The SMILES string of the molecule is CCOCc1nc2cnc3ccccc3c2n1CC1(C(N)=O)CCCCC1. The summed E-state index contributed by atoms with van der Waals surface area (Å²) < 4.78 is 7.82. The summed E-state index contributed by atoms with van der Waals surface area (Å²) in [7, 11) is 0. The molecule has 0 radical (unpaired) electrons. The van der Waals surface area contributed by atoms with E-state index in [1.807, 2.05) is 25.1 Å². The molecule has 142 valence electrons. The summed E-state index contributed by atoms with van der Waals surface area (Å²) in [5.74, 6) is 0.626. The first-order valence-electron chi connectivity index (χ1n) is 9.75. The number of hydrogen-bond acceptors (Lipinski definition) is 4. The normalized spacial score (nSPS) is 16.8. The third kappa shape index (κ3) is 3.18. The molecule has 0 bridgehead atoms. The van der Waals surface area contributed by atoms with Crippen molar-refractivity contribution in [3.63, 3.8) is 0 Å². The Hall–Kier alpha value is -2.47. The predicted molar refractivity (Wildman–Crippen MR) is 105 cm³/mol. The molecule has 1 fully saturated rings. The minimum absolute atomic E-state index is 0.204. The van der Waals surface area contributed by atoms with Gasteiger partial charge in [-0.3, -0.25) is 9.78 Å². The van der Waals surface area contributed by atoms with Gasteiger partial charge in [0, 0.05) is 18.5 Å². The summed E-state index contributed by atoms with van der Waals surface area (Å²) in [5, 5.41) is 1.04. The monoisotopic (exact) mass is 366 g/mol. The number of ether oxygens (including phenoxy) is 1. The molecule has 1 aliphatic carbocycles. The summed E-state index contributed by atoms with van der Waals surface area (Å²) in [5.41, 5.74) is 8.16. The smallest absolute Gasteiger partial charge is 0.225 e. The second-order valence-corrected chi connectivity index (χ2v) is 7.47. The number of imidazole rings is 1. The van der Waals surface area contributed by atoms with Gasteiger partial charge in [-0.1, -0.05) is 37.5 Å². The van der Waals surface area contributed by atoms with Crippen LogP contribution in [0.4, 0.5) is 0 Å². The van der Waals surface area contributed by atoms with Crippen LogP contribution in [0.5, 0.6) is 0 Å². The molecule has 1 aliphatic rings. The van der Waals surface area contributed by atoms with Crippen molar-refractivity contribution < 1.29 is 9.53 Å². The third-order valence-corrected chi connectivity index (χ3v) is 5.79. The zero-order valence-electron chi connectivity index (χ0n) is 15.8. The number of hydrogen-bond donors (Lipinski definition) is 1. The van der Waals surface area contributed by atoms with Gasteiger partial charge in [0.2, 0.25) is 5.91 Å². The van der Waals surface area contributed by atoms with Crippen LogP contribution in [0, 0.1) is 5.41 Å². The molecule has 3 aromatic rings. The Morgan fingerprint density at radius 1 is 1.22 bits per heavy atom. The lowest BCUT2D eigenvalue weighted by Crippen LogP contribution is -2.42. The molecule has 0 unspecified atom stereocenters. The zero-order valence-corrected chi connectivity index (χ0v) is 15.8. The maximum Gasteiger partial charge on any atom is 0.225 e. The van der Waals surface area contributed by atoms with Gasteiger partial charge in [-0.2, -0.15) is 0 Å². The highest BCUT2D eigenvalue weighted by molar-refractivity contribution is 6.02. The lowest BCUT2D eigenvalue weighted by atomic mass is 9.73. The minimum Gasteiger partial charge on any atom is -0.374 e. The minimum atomic E-state index is -0.517. The summed E-state index contributed by atoms with van der Waals surface area (Å²) in [6, 6.07) is 8.05. The Morgan fingerprint density at radius 2 is 2.00 bits per heavy atom. The van der Waals surface area contributed by atoms with Crippen molar-refractivity contribution >= 4 is 27.8 Å². The second kappa shape index (κ2) is 7.27. The van der Waals surface area contributed by atoms with Crippen LogP contribution < -0.4 is 5.73 Å². The lowest BCUT2D eigenvalue weighted by molar-refractivity contribution is -0.130. The molecule has 2 N–H and O–H groups in total. The fraction of sp³-hybridized carbons (Fsp3) is 0.476. The maximum absolute atomic E-state index is 12.5. The number of aromatic nitrogens is 3. The number of benzene rings is 1. The average Bonchev–Trinajstić information content (AvgIpc) is 3.04. The Labute approximate surface area is 158 Å². The lowest BCUT2D eigenvalue weighted by Gasteiger charge is -2.35. The summed E-state index contributed by atoms with van der Waals surface area (Å²) in [6.45, 7) is 3.54. The molecule has 0 saturated heterocycles. The number of fused-ring (bicyclic) bond motifs is 3. The van der Waals surface area contributed by atoms with Crippen molar-refractivity contribution in [2.75, 3.05) is 6.61 Å². The van der Waals surface area contributed by atoms with Gasteiger partial charge in [-0.15, -0.1) is 0 Å². The van der Waals surface area contributed by atoms with E-state index in [1.54, 1.807) is 6.20 Å². The largest absolute Gasteiger partial charge is 0.374 e. The molecule has 2 aromatic heterocycles. The van der Waals surface area contributed by atoms with Crippen molar-refractivity contribution in [1.82, 2.24) is 14.5 Å². The van der Waals surface area contributed by atoms with Crippen molar-refractivity contribution in [2.24, 2.45) is 11.1 Å². The Morgan fingerprint density at radius 3 is 2.74 bits per heavy atom. The van der Waals surface area contributed by atoms with Gasteiger partial charge in [0.1, 0.15) is 17.9 Å². The van der Waals surface area contributed by atoms with Crippen LogP contribution in [0.3, 0.4) is 0 Å². The van der Waals surface area contributed by atoms with Gasteiger partial charge >= 0.3 is 0 Å². The molecule has 27 heavy (non-hydrogen) atoms. The first kappa shape index (κ1) is 17.9. The van der Waals surface area contributed by atoms with E-state index in [-0.39, 0.29) is 5.91 Å². The molecule has 1 saturated carbocycles. The summed E-state index contributed by atoms with van der Waals surface area (Å²) in [4.78, 5) is 21.8. The first-order chi connectivity index (χ1) is 13.1. The molecule has 0 atom stereocenters. The van der Waals surface area contributed by atoms with Crippen molar-refractivity contribution in [3.8, 4) is 0 Å². The van der Waals surface area contributed by atoms with Gasteiger partial charge in [0.05, 0.1) is 22.6 Å². The number of para-hydroxylation sites is 1.